The molecule has 8 aliphatic rings. The van der Waals surface area contributed by atoms with E-state index in [9.17, 15) is 47.9 Å². The third-order valence-electron chi connectivity index (χ3n) is 17.3. The Morgan fingerprint density at radius 2 is 0.600 bits per heavy atom. The van der Waals surface area contributed by atoms with Gasteiger partial charge in [0.2, 0.25) is 47.3 Å². The Balaban J connectivity index is 0.000000544. The minimum Gasteiger partial charge on any atom is -0.402 e. The molecule has 3 N–H and O–H groups in total. The number of alkyl halides is 1. The number of β-amino-alcohol motifs (C(OH)–C–C–N with tert-alkyl or cyclic N) is 1. The number of rotatable bonds is 1. The Kier molecular flexibility index (Phi) is 35.2. The van der Waals surface area contributed by atoms with Crippen molar-refractivity contribution in [2.45, 2.75) is 250 Å². The van der Waals surface area contributed by atoms with Gasteiger partial charge in [0.25, 0.3) is 0 Å². The molecule has 0 aromatic heterocycles. The number of halogens is 1. The highest BCUT2D eigenvalue weighted by Gasteiger charge is 2.38. The van der Waals surface area contributed by atoms with Crippen LogP contribution in [0.4, 0.5) is 4.39 Å². The molecule has 19 nitrogen and oxygen atoms in total. The molecule has 95 heavy (non-hydrogen) atoms. The zero-order chi connectivity index (χ0) is 73.6. The number of morpholine rings is 1. The lowest BCUT2D eigenvalue weighted by molar-refractivity contribution is -0.147. The average molecular weight is 1350 g/mol. The Labute approximate surface area is 577 Å². The van der Waals surface area contributed by atoms with Crippen LogP contribution >= 0.6 is 0 Å². The topological polar surface area (TPSA) is 218 Å². The lowest BCUT2D eigenvalue weighted by atomic mass is 9.92. The van der Waals surface area contributed by atoms with Crippen LogP contribution in [0, 0.1) is 55.2 Å². The number of nitrogens with two attached hydrogens (primary N) is 1. The Hall–Kier alpha value is -4.85. The Morgan fingerprint density at radius 3 is 0.863 bits per heavy atom. The summed E-state index contributed by atoms with van der Waals surface area (Å²) in [5, 5.41) is 9.22. The van der Waals surface area contributed by atoms with Crippen molar-refractivity contribution in [2.24, 2.45) is 60.9 Å². The highest BCUT2D eigenvalue weighted by molar-refractivity contribution is 5.85. The number of piperidine rings is 2. The van der Waals surface area contributed by atoms with Gasteiger partial charge in [-0.25, -0.2) is 4.39 Å². The quantitative estimate of drug-likeness (QED) is 0.252. The summed E-state index contributed by atoms with van der Waals surface area (Å²) in [5.41, 5.74) is 4.35. The number of aliphatic hydroxyl groups is 1. The Bertz CT molecular complexity index is 2340. The van der Waals surface area contributed by atoms with Gasteiger partial charge in [0.1, 0.15) is 6.17 Å². The van der Waals surface area contributed by atoms with Gasteiger partial charge in [-0.1, -0.05) is 180 Å². The molecule has 8 saturated heterocycles. The van der Waals surface area contributed by atoms with Gasteiger partial charge < -0.3 is 54.8 Å². The van der Waals surface area contributed by atoms with Gasteiger partial charge in [-0.15, -0.1) is 0 Å². The second kappa shape index (κ2) is 37.9. The van der Waals surface area contributed by atoms with Crippen molar-refractivity contribution in [1.82, 2.24) is 39.2 Å². The Morgan fingerprint density at radius 1 is 0.347 bits per heavy atom. The number of ether oxygens (including phenoxy) is 1. The number of hydrogen-bond donors (Lipinski definition) is 2. The minimum absolute atomic E-state index is 0.0476. The summed E-state index contributed by atoms with van der Waals surface area (Å²) in [6.45, 7) is 66.6. The van der Waals surface area contributed by atoms with E-state index in [1.807, 2.05) is 196 Å². The maximum atomic E-state index is 12.3. The summed E-state index contributed by atoms with van der Waals surface area (Å²) in [6.07, 6.45) is 10.1. The lowest BCUT2D eigenvalue weighted by Gasteiger charge is -2.38. The van der Waals surface area contributed by atoms with Crippen molar-refractivity contribution in [1.29, 1.82) is 0 Å². The average Bonchev–Trinajstić information content (AvgIpc) is 1.79. The predicted octanol–water partition coefficient (Wildman–Crippen LogP) is 11.3. The van der Waals surface area contributed by atoms with Crippen LogP contribution in [0.3, 0.4) is 0 Å². The van der Waals surface area contributed by atoms with Gasteiger partial charge in [0.05, 0.1) is 32.4 Å². The van der Waals surface area contributed by atoms with Gasteiger partial charge in [-0.3, -0.25) is 38.4 Å². The summed E-state index contributed by atoms with van der Waals surface area (Å²) in [7, 11) is 0. The minimum atomic E-state index is -0.790. The fraction of sp³-hybridized carbons (Fsp3) is 0.867. The van der Waals surface area contributed by atoms with Crippen molar-refractivity contribution in [2.75, 3.05) is 118 Å². The smallest absolute Gasteiger partial charge is 0.228 e. The van der Waals surface area contributed by atoms with Gasteiger partial charge in [-0.05, 0) is 70.1 Å². The zero-order valence-corrected chi connectivity index (χ0v) is 65.0. The van der Waals surface area contributed by atoms with E-state index in [4.69, 9.17) is 10.5 Å². The maximum absolute atomic E-state index is 12.3. The SMILES string of the molecule is C=C(N)C1CCN(C(=O)C(C)(C)C)C1.CC(C)(C)C(=O)N1CC(F)C1.CC(C)(C)C(=O)N1CCC(O)C1.CC(C)(C)C(=O)N1CCC1.CC(C)(C)C(=O)N1CCCC1.CC(C)(C)C(=O)N1CCCCC1.CC(C)(C)C(=O)N1CCOCC1.CC1CCN(C(=O)C(C)(C)C)CC1. The van der Waals surface area contributed by atoms with Crippen molar-refractivity contribution in [3.05, 3.63) is 12.3 Å². The van der Waals surface area contributed by atoms with Crippen LogP contribution in [0.15, 0.2) is 12.3 Å². The second-order valence-electron chi connectivity index (χ2n) is 35.7. The van der Waals surface area contributed by atoms with Gasteiger partial charge in [0, 0.05) is 147 Å². The summed E-state index contributed by atoms with van der Waals surface area (Å²) in [5.74, 6) is 2.91. The molecule has 0 radical (unpaired) electrons. The number of nitrogens with zero attached hydrogens (tertiary/aromatic N) is 8. The molecule has 8 heterocycles. The summed E-state index contributed by atoms with van der Waals surface area (Å²) < 4.78 is 17.5. The number of hydrogen-bond acceptors (Lipinski definition) is 11. The third kappa shape index (κ3) is 32.6. The van der Waals surface area contributed by atoms with Crippen LogP contribution in [-0.2, 0) is 43.1 Å². The fourth-order valence-corrected chi connectivity index (χ4v) is 11.1. The van der Waals surface area contributed by atoms with Crippen LogP contribution < -0.4 is 5.73 Å². The molecule has 0 aliphatic carbocycles. The van der Waals surface area contributed by atoms with Crippen LogP contribution in [0.1, 0.15) is 237 Å². The molecule has 0 saturated carbocycles. The van der Waals surface area contributed by atoms with E-state index in [1.54, 1.807) is 9.80 Å². The normalized spacial score (nSPS) is 20.6. The first-order valence-corrected chi connectivity index (χ1v) is 35.8. The molecule has 20 heteroatoms. The van der Waals surface area contributed by atoms with Gasteiger partial charge in [-0.2, -0.15) is 0 Å². The molecule has 2 atom stereocenters. The van der Waals surface area contributed by atoms with Crippen LogP contribution in [-0.4, -0.2) is 222 Å². The number of carbonyl (C=O) groups excluding carboxylic acids is 8. The van der Waals surface area contributed by atoms with E-state index < -0.39 is 6.17 Å². The number of amides is 8. The van der Waals surface area contributed by atoms with Crippen LogP contribution in [0.5, 0.6) is 0 Å². The van der Waals surface area contributed by atoms with Crippen molar-refractivity contribution in [3.63, 3.8) is 0 Å². The first-order valence-electron chi connectivity index (χ1n) is 35.8. The summed E-state index contributed by atoms with van der Waals surface area (Å²) in [6, 6.07) is 0. The van der Waals surface area contributed by atoms with E-state index in [0.29, 0.717) is 61.5 Å². The van der Waals surface area contributed by atoms with Gasteiger partial charge in [0.15, 0.2) is 0 Å². The molecule has 8 aliphatic heterocycles. The van der Waals surface area contributed by atoms with E-state index in [1.165, 1.54) is 51.4 Å². The summed E-state index contributed by atoms with van der Waals surface area (Å²) in [4.78, 5) is 108. The van der Waals surface area contributed by atoms with Crippen molar-refractivity contribution < 1.29 is 52.6 Å². The highest BCUT2D eigenvalue weighted by atomic mass is 19.1. The van der Waals surface area contributed by atoms with Crippen molar-refractivity contribution >= 4 is 47.3 Å². The molecule has 0 spiro atoms. The highest BCUT2D eigenvalue weighted by Crippen LogP contribution is 2.29. The van der Waals surface area contributed by atoms with Gasteiger partial charge >= 0.3 is 0 Å². The first-order chi connectivity index (χ1) is 43.1. The molecule has 0 aromatic rings. The molecule has 8 amide bonds. The summed E-state index contributed by atoms with van der Waals surface area (Å²) >= 11 is 0. The molecule has 0 aromatic carbocycles. The van der Waals surface area contributed by atoms with Crippen molar-refractivity contribution in [3.8, 4) is 0 Å². The number of likely N-dealkylation sites (tertiary alicyclic amines) is 7. The largest absolute Gasteiger partial charge is 0.402 e. The molecular weight excluding hydrogens is 1210 g/mol. The monoisotopic (exact) mass is 1350 g/mol. The van der Waals surface area contributed by atoms with E-state index >= 15 is 0 Å². The van der Waals surface area contributed by atoms with Crippen LogP contribution in [0.2, 0.25) is 0 Å². The molecular formula is C75H140FN9O10. The molecule has 8 fully saturated rings. The maximum Gasteiger partial charge on any atom is 0.228 e. The number of aliphatic hydroxyl groups excluding tert-OH is 1. The molecule has 0 bridgehead atoms. The lowest BCUT2D eigenvalue weighted by Crippen LogP contribution is -2.54. The van der Waals surface area contributed by atoms with E-state index in [-0.39, 0.29) is 86.1 Å². The fourth-order valence-electron chi connectivity index (χ4n) is 11.1. The van der Waals surface area contributed by atoms with Crippen LogP contribution in [0.25, 0.3) is 0 Å². The van der Waals surface area contributed by atoms with E-state index in [2.05, 4.69) is 13.5 Å². The third-order valence-corrected chi connectivity index (χ3v) is 17.3. The molecule has 8 rings (SSSR count). The second-order valence-corrected chi connectivity index (χ2v) is 35.7. The number of carbonyl (C=O) groups is 8. The predicted molar refractivity (Wildman–Crippen MR) is 382 cm³/mol. The molecule has 552 valence electrons. The molecule has 2 unspecified atom stereocenters. The standard InChI is InChI=1S/C11H20N2O.C11H21NO.C10H19NO.2C9H17NO2.C9H17NO.C8H14FNO.C8H15NO/c1-8(12)9-5-6-13(7-9)10(14)11(2,3)4;1-9-5-7-12(8-6-9)10(13)11(2,3)4;1-10(2,3)9(12)11-7-5-4-6-8-11;1-9(2,3)8(11)10-4-6-12-7-5-10;1-9(2,3)8(12)10-5-4-7(11)6-10;1-9(2,3)8(11)10-6-4-5-7-10;1-8(2,3)7(11)10-4-6(9)5-10;1-8(2,3)7(10)9-5-4-6-9/h9H,1,5-7,12H2,2-4H3;9H,5-8H2,1-4H3;4-8H2,1-3H3;4-7H2,1-3H3;7,11H,4-6H2,1-3H3;4-7H2,1-3H3;6H,4-5H2,1-3H3;4-6H2,1-3H3. The first kappa shape index (κ1) is 88.2. The van der Waals surface area contributed by atoms with E-state index in [0.717, 1.165) is 97.3 Å². The zero-order valence-electron chi connectivity index (χ0n) is 65.0.